The molecule has 0 bridgehead atoms. The van der Waals surface area contributed by atoms with Crippen molar-refractivity contribution in [1.29, 1.82) is 0 Å². The Hall–Kier alpha value is -1.30. The van der Waals surface area contributed by atoms with Crippen LogP contribution in [-0.2, 0) is 4.79 Å². The second kappa shape index (κ2) is 8.52. The first-order valence-electron chi connectivity index (χ1n) is 7.69. The topological polar surface area (TPSA) is 52.7 Å². The van der Waals surface area contributed by atoms with Crippen LogP contribution in [-0.4, -0.2) is 61.4 Å². The smallest absolute Gasteiger partial charge is 0.255 e. The summed E-state index contributed by atoms with van der Waals surface area (Å²) in [6.07, 6.45) is 1.37. The van der Waals surface area contributed by atoms with Crippen LogP contribution in [0.4, 0.5) is 0 Å². The van der Waals surface area contributed by atoms with Crippen LogP contribution in [0.15, 0.2) is 18.2 Å². The van der Waals surface area contributed by atoms with Crippen LogP contribution in [0.2, 0.25) is 10.0 Å². The molecule has 23 heavy (non-hydrogen) atoms. The van der Waals surface area contributed by atoms with E-state index in [-0.39, 0.29) is 11.8 Å². The van der Waals surface area contributed by atoms with Crippen LogP contribution in [0.25, 0.3) is 0 Å². The van der Waals surface area contributed by atoms with Gasteiger partial charge in [0.25, 0.3) is 5.91 Å². The quantitative estimate of drug-likeness (QED) is 0.822. The standard InChI is InChI=1S/C16H21Cl2N3O2/c1-19-6-2-3-15(22)20-7-9-21(10-8-20)16(23)13-5-4-12(17)11-14(13)18/h4-5,11,19H,2-3,6-10H2,1H3. The van der Waals surface area contributed by atoms with Crippen molar-refractivity contribution in [3.63, 3.8) is 0 Å². The summed E-state index contributed by atoms with van der Waals surface area (Å²) in [6, 6.07) is 4.86. The number of carbonyl (C=O) groups is 2. The van der Waals surface area contributed by atoms with Crippen LogP contribution in [0, 0.1) is 0 Å². The summed E-state index contributed by atoms with van der Waals surface area (Å²) in [5.41, 5.74) is 0.449. The highest BCUT2D eigenvalue weighted by atomic mass is 35.5. The van der Waals surface area contributed by atoms with Crippen molar-refractivity contribution in [3.05, 3.63) is 33.8 Å². The molecule has 0 atom stereocenters. The third kappa shape index (κ3) is 4.83. The van der Waals surface area contributed by atoms with Gasteiger partial charge in [-0.05, 0) is 38.2 Å². The summed E-state index contributed by atoms with van der Waals surface area (Å²) in [6.45, 7) is 3.01. The largest absolute Gasteiger partial charge is 0.339 e. The Kier molecular flexibility index (Phi) is 6.69. The third-order valence-electron chi connectivity index (χ3n) is 3.90. The molecule has 0 radical (unpaired) electrons. The fraction of sp³-hybridized carbons (Fsp3) is 0.500. The molecule has 2 rings (SSSR count). The van der Waals surface area contributed by atoms with Crippen molar-refractivity contribution in [2.24, 2.45) is 0 Å². The van der Waals surface area contributed by atoms with Crippen molar-refractivity contribution in [2.75, 3.05) is 39.8 Å². The number of carbonyl (C=O) groups excluding carboxylic acids is 2. The Morgan fingerprint density at radius 2 is 1.78 bits per heavy atom. The summed E-state index contributed by atoms with van der Waals surface area (Å²) in [4.78, 5) is 28.1. The Labute approximate surface area is 146 Å². The summed E-state index contributed by atoms with van der Waals surface area (Å²) in [7, 11) is 1.87. The lowest BCUT2D eigenvalue weighted by Gasteiger charge is -2.35. The van der Waals surface area contributed by atoms with Gasteiger partial charge in [0.05, 0.1) is 10.6 Å². The Balaban J connectivity index is 1.88. The van der Waals surface area contributed by atoms with Crippen molar-refractivity contribution in [1.82, 2.24) is 15.1 Å². The normalized spacial score (nSPS) is 14.9. The summed E-state index contributed by atoms with van der Waals surface area (Å²) in [5.74, 6) is 0.0332. The lowest BCUT2D eigenvalue weighted by atomic mass is 10.1. The monoisotopic (exact) mass is 357 g/mol. The molecule has 0 aromatic heterocycles. The Bertz CT molecular complexity index is 572. The second-order valence-corrected chi connectivity index (χ2v) is 6.35. The number of nitrogens with zero attached hydrogens (tertiary/aromatic N) is 2. The van der Waals surface area contributed by atoms with Gasteiger partial charge >= 0.3 is 0 Å². The molecule has 0 unspecified atom stereocenters. The average molecular weight is 358 g/mol. The van der Waals surface area contributed by atoms with Crippen LogP contribution >= 0.6 is 23.2 Å². The number of benzene rings is 1. The predicted octanol–water partition coefficient (Wildman–Crippen LogP) is 2.28. The number of piperazine rings is 1. The number of hydrogen-bond acceptors (Lipinski definition) is 3. The fourth-order valence-corrected chi connectivity index (χ4v) is 3.06. The molecule has 1 heterocycles. The lowest BCUT2D eigenvalue weighted by Crippen LogP contribution is -2.50. The van der Waals surface area contributed by atoms with E-state index in [1.165, 1.54) is 0 Å². The predicted molar refractivity (Wildman–Crippen MR) is 92.1 cm³/mol. The van der Waals surface area contributed by atoms with Gasteiger partial charge in [-0.2, -0.15) is 0 Å². The molecular formula is C16H21Cl2N3O2. The molecule has 0 aliphatic carbocycles. The summed E-state index contributed by atoms with van der Waals surface area (Å²) < 4.78 is 0. The van der Waals surface area contributed by atoms with E-state index in [1.807, 2.05) is 11.9 Å². The van der Waals surface area contributed by atoms with Gasteiger partial charge in [-0.1, -0.05) is 23.2 Å². The highest BCUT2D eigenvalue weighted by molar-refractivity contribution is 6.36. The minimum absolute atomic E-state index is 0.117. The molecule has 0 spiro atoms. The number of halogens is 2. The first-order chi connectivity index (χ1) is 11.0. The van der Waals surface area contributed by atoms with Crippen molar-refractivity contribution < 1.29 is 9.59 Å². The minimum Gasteiger partial charge on any atom is -0.339 e. The second-order valence-electron chi connectivity index (χ2n) is 5.50. The van der Waals surface area contributed by atoms with Gasteiger partial charge in [-0.25, -0.2) is 0 Å². The van der Waals surface area contributed by atoms with Crippen molar-refractivity contribution >= 4 is 35.0 Å². The van der Waals surface area contributed by atoms with Gasteiger partial charge in [0, 0.05) is 37.6 Å². The maximum Gasteiger partial charge on any atom is 0.255 e. The van der Waals surface area contributed by atoms with Crippen molar-refractivity contribution in [2.45, 2.75) is 12.8 Å². The number of hydrogen-bond donors (Lipinski definition) is 1. The zero-order chi connectivity index (χ0) is 16.8. The van der Waals surface area contributed by atoms with Gasteiger partial charge in [0.2, 0.25) is 5.91 Å². The van der Waals surface area contributed by atoms with E-state index >= 15 is 0 Å². The third-order valence-corrected chi connectivity index (χ3v) is 4.45. The molecule has 1 aromatic carbocycles. The summed E-state index contributed by atoms with van der Waals surface area (Å²) >= 11 is 11.9. The zero-order valence-electron chi connectivity index (χ0n) is 13.1. The fourth-order valence-electron chi connectivity index (χ4n) is 2.57. The molecule has 7 heteroatoms. The molecule has 2 amide bonds. The van der Waals surface area contributed by atoms with Gasteiger partial charge < -0.3 is 15.1 Å². The molecule has 1 fully saturated rings. The zero-order valence-corrected chi connectivity index (χ0v) is 14.7. The maximum atomic E-state index is 12.5. The minimum atomic E-state index is -0.117. The molecule has 1 aliphatic heterocycles. The Morgan fingerprint density at radius 1 is 1.13 bits per heavy atom. The SMILES string of the molecule is CNCCCC(=O)N1CCN(C(=O)c2ccc(Cl)cc2Cl)CC1. The molecule has 1 N–H and O–H groups in total. The molecule has 0 saturated carbocycles. The molecular weight excluding hydrogens is 337 g/mol. The van der Waals surface area contributed by atoms with Crippen LogP contribution in [0.1, 0.15) is 23.2 Å². The highest BCUT2D eigenvalue weighted by Gasteiger charge is 2.25. The van der Waals surface area contributed by atoms with Gasteiger partial charge in [-0.3, -0.25) is 9.59 Å². The molecule has 1 aliphatic rings. The van der Waals surface area contributed by atoms with E-state index in [2.05, 4.69) is 5.32 Å². The van der Waals surface area contributed by atoms with Crippen LogP contribution < -0.4 is 5.32 Å². The van der Waals surface area contributed by atoms with Crippen LogP contribution in [0.3, 0.4) is 0 Å². The number of rotatable bonds is 5. The van der Waals surface area contributed by atoms with Gasteiger partial charge in [0.15, 0.2) is 0 Å². The first-order valence-corrected chi connectivity index (χ1v) is 8.45. The lowest BCUT2D eigenvalue weighted by molar-refractivity contribution is -0.132. The van der Waals surface area contributed by atoms with E-state index < -0.39 is 0 Å². The van der Waals surface area contributed by atoms with Crippen LogP contribution in [0.5, 0.6) is 0 Å². The van der Waals surface area contributed by atoms with Crippen molar-refractivity contribution in [3.8, 4) is 0 Å². The van der Waals surface area contributed by atoms with E-state index in [4.69, 9.17) is 23.2 Å². The molecule has 5 nitrogen and oxygen atoms in total. The van der Waals surface area contributed by atoms with E-state index in [9.17, 15) is 9.59 Å². The molecule has 1 saturated heterocycles. The van der Waals surface area contributed by atoms with E-state index in [1.54, 1.807) is 23.1 Å². The highest BCUT2D eigenvalue weighted by Crippen LogP contribution is 2.22. The maximum absolute atomic E-state index is 12.5. The van der Waals surface area contributed by atoms with Gasteiger partial charge in [-0.15, -0.1) is 0 Å². The average Bonchev–Trinajstić information content (AvgIpc) is 2.54. The Morgan fingerprint density at radius 3 is 2.39 bits per heavy atom. The van der Waals surface area contributed by atoms with Gasteiger partial charge in [0.1, 0.15) is 0 Å². The molecule has 1 aromatic rings. The molecule has 126 valence electrons. The van der Waals surface area contributed by atoms with E-state index in [0.717, 1.165) is 13.0 Å². The number of amides is 2. The first kappa shape index (κ1) is 18.0. The summed E-state index contributed by atoms with van der Waals surface area (Å²) in [5, 5.41) is 3.89. The van der Waals surface area contributed by atoms with E-state index in [0.29, 0.717) is 48.2 Å². The number of nitrogens with one attached hydrogen (secondary N) is 1.